The SMILES string of the molecule is CN(C)c1ncc(CNCCOc2cccc3cccnc23)cn1. The summed E-state index contributed by atoms with van der Waals surface area (Å²) in [7, 11) is 3.85. The molecule has 0 saturated carbocycles. The maximum absolute atomic E-state index is 5.84. The molecule has 1 aromatic carbocycles. The largest absolute Gasteiger partial charge is 0.490 e. The Balaban J connectivity index is 1.47. The van der Waals surface area contributed by atoms with Crippen LogP contribution in [0, 0.1) is 0 Å². The van der Waals surface area contributed by atoms with Crippen LogP contribution in [0.3, 0.4) is 0 Å². The highest BCUT2D eigenvalue weighted by molar-refractivity contribution is 5.84. The third-order valence-corrected chi connectivity index (χ3v) is 3.55. The minimum atomic E-state index is 0.576. The van der Waals surface area contributed by atoms with Gasteiger partial charge in [0.05, 0.1) is 0 Å². The average Bonchev–Trinajstić information content (AvgIpc) is 2.62. The van der Waals surface area contributed by atoms with E-state index in [0.29, 0.717) is 19.1 Å². The number of hydrogen-bond donors (Lipinski definition) is 1. The molecule has 0 aliphatic carbocycles. The third kappa shape index (κ3) is 3.97. The smallest absolute Gasteiger partial charge is 0.224 e. The van der Waals surface area contributed by atoms with E-state index >= 15 is 0 Å². The molecule has 1 N–H and O–H groups in total. The van der Waals surface area contributed by atoms with E-state index < -0.39 is 0 Å². The Kier molecular flexibility index (Phi) is 5.18. The van der Waals surface area contributed by atoms with Crippen LogP contribution < -0.4 is 15.0 Å². The van der Waals surface area contributed by atoms with Crippen LogP contribution in [0.25, 0.3) is 10.9 Å². The van der Waals surface area contributed by atoms with Gasteiger partial charge in [-0.2, -0.15) is 0 Å². The molecule has 0 aliphatic rings. The van der Waals surface area contributed by atoms with Gasteiger partial charge in [-0.3, -0.25) is 4.98 Å². The Bertz CT molecular complexity index is 784. The summed E-state index contributed by atoms with van der Waals surface area (Å²) < 4.78 is 5.84. The van der Waals surface area contributed by atoms with Gasteiger partial charge < -0.3 is 15.0 Å². The minimum Gasteiger partial charge on any atom is -0.490 e. The Labute approximate surface area is 141 Å². The van der Waals surface area contributed by atoms with Crippen LogP contribution in [0.5, 0.6) is 5.75 Å². The van der Waals surface area contributed by atoms with E-state index in [2.05, 4.69) is 20.3 Å². The van der Waals surface area contributed by atoms with Crippen LogP contribution in [-0.4, -0.2) is 42.2 Å². The highest BCUT2D eigenvalue weighted by atomic mass is 16.5. The molecule has 0 spiro atoms. The van der Waals surface area contributed by atoms with E-state index in [1.54, 1.807) is 6.20 Å². The second kappa shape index (κ2) is 7.70. The molecule has 0 atom stereocenters. The highest BCUT2D eigenvalue weighted by Crippen LogP contribution is 2.22. The summed E-state index contributed by atoms with van der Waals surface area (Å²) in [6.07, 6.45) is 5.46. The number of ether oxygens (including phenoxy) is 1. The van der Waals surface area contributed by atoms with Crippen molar-refractivity contribution < 1.29 is 4.74 Å². The molecule has 0 radical (unpaired) electrons. The van der Waals surface area contributed by atoms with Crippen molar-refractivity contribution >= 4 is 16.9 Å². The van der Waals surface area contributed by atoms with Gasteiger partial charge >= 0.3 is 0 Å². The van der Waals surface area contributed by atoms with Crippen LogP contribution >= 0.6 is 0 Å². The van der Waals surface area contributed by atoms with Gasteiger partial charge in [0.25, 0.3) is 0 Å². The summed E-state index contributed by atoms with van der Waals surface area (Å²) in [5.74, 6) is 1.53. The van der Waals surface area contributed by atoms with Crippen molar-refractivity contribution in [2.75, 3.05) is 32.1 Å². The number of nitrogens with one attached hydrogen (secondary N) is 1. The lowest BCUT2D eigenvalue weighted by molar-refractivity contribution is 0.316. The fourth-order valence-electron chi connectivity index (χ4n) is 2.33. The maximum atomic E-state index is 5.84. The van der Waals surface area contributed by atoms with Crippen molar-refractivity contribution in [3.8, 4) is 5.75 Å². The fraction of sp³-hybridized carbons (Fsp3) is 0.278. The lowest BCUT2D eigenvalue weighted by Gasteiger charge is -2.11. The molecule has 0 aliphatic heterocycles. The molecule has 24 heavy (non-hydrogen) atoms. The zero-order valence-electron chi connectivity index (χ0n) is 13.9. The van der Waals surface area contributed by atoms with Gasteiger partial charge in [0.15, 0.2) is 0 Å². The average molecular weight is 323 g/mol. The van der Waals surface area contributed by atoms with Gasteiger partial charge in [-0.1, -0.05) is 18.2 Å². The first-order valence-electron chi connectivity index (χ1n) is 7.89. The van der Waals surface area contributed by atoms with Crippen molar-refractivity contribution in [3.05, 3.63) is 54.5 Å². The van der Waals surface area contributed by atoms with Gasteiger partial charge in [-0.25, -0.2) is 9.97 Å². The first-order valence-corrected chi connectivity index (χ1v) is 7.89. The highest BCUT2D eigenvalue weighted by Gasteiger charge is 2.03. The molecule has 0 fully saturated rings. The lowest BCUT2D eigenvalue weighted by atomic mass is 10.2. The number of hydrogen-bond acceptors (Lipinski definition) is 6. The van der Waals surface area contributed by atoms with Gasteiger partial charge in [0.1, 0.15) is 17.9 Å². The minimum absolute atomic E-state index is 0.576. The summed E-state index contributed by atoms with van der Waals surface area (Å²) in [5.41, 5.74) is 1.94. The van der Waals surface area contributed by atoms with Crippen molar-refractivity contribution in [2.45, 2.75) is 6.54 Å². The molecule has 6 nitrogen and oxygen atoms in total. The zero-order chi connectivity index (χ0) is 16.8. The van der Waals surface area contributed by atoms with E-state index in [-0.39, 0.29) is 0 Å². The lowest BCUT2D eigenvalue weighted by Crippen LogP contribution is -2.21. The summed E-state index contributed by atoms with van der Waals surface area (Å²) >= 11 is 0. The van der Waals surface area contributed by atoms with Crippen LogP contribution in [0.4, 0.5) is 5.95 Å². The van der Waals surface area contributed by atoms with Gasteiger partial charge in [0, 0.05) is 56.7 Å². The number of rotatable bonds is 7. The molecule has 2 heterocycles. The van der Waals surface area contributed by atoms with E-state index in [1.165, 1.54) is 0 Å². The Morgan fingerprint density at radius 2 is 1.83 bits per heavy atom. The molecule has 6 heteroatoms. The number of benzene rings is 1. The first kappa shape index (κ1) is 16.1. The Morgan fingerprint density at radius 1 is 1.04 bits per heavy atom. The van der Waals surface area contributed by atoms with E-state index in [1.807, 2.05) is 61.7 Å². The van der Waals surface area contributed by atoms with Gasteiger partial charge in [0.2, 0.25) is 5.95 Å². The summed E-state index contributed by atoms with van der Waals surface area (Å²) in [4.78, 5) is 14.9. The molecule has 0 bridgehead atoms. The van der Waals surface area contributed by atoms with Crippen molar-refractivity contribution in [2.24, 2.45) is 0 Å². The van der Waals surface area contributed by atoms with Crippen molar-refractivity contribution in [3.63, 3.8) is 0 Å². The molecule has 2 aromatic heterocycles. The van der Waals surface area contributed by atoms with Crippen LogP contribution in [-0.2, 0) is 6.54 Å². The van der Waals surface area contributed by atoms with E-state index in [0.717, 1.165) is 28.8 Å². The second-order valence-corrected chi connectivity index (χ2v) is 5.64. The molecule has 0 unspecified atom stereocenters. The number of nitrogens with zero attached hydrogens (tertiary/aromatic N) is 4. The van der Waals surface area contributed by atoms with Gasteiger partial charge in [-0.05, 0) is 12.1 Å². The number of pyridine rings is 1. The van der Waals surface area contributed by atoms with Gasteiger partial charge in [-0.15, -0.1) is 0 Å². The fourth-order valence-corrected chi connectivity index (χ4v) is 2.33. The second-order valence-electron chi connectivity index (χ2n) is 5.64. The quantitative estimate of drug-likeness (QED) is 0.673. The van der Waals surface area contributed by atoms with E-state index in [4.69, 9.17) is 4.74 Å². The zero-order valence-corrected chi connectivity index (χ0v) is 13.9. The van der Waals surface area contributed by atoms with Crippen molar-refractivity contribution in [1.29, 1.82) is 0 Å². The first-order chi connectivity index (χ1) is 11.7. The molecule has 124 valence electrons. The number of para-hydroxylation sites is 1. The van der Waals surface area contributed by atoms with Crippen molar-refractivity contribution in [1.82, 2.24) is 20.3 Å². The van der Waals surface area contributed by atoms with Crippen LogP contribution in [0.15, 0.2) is 48.9 Å². The topological polar surface area (TPSA) is 63.2 Å². The number of fused-ring (bicyclic) bond motifs is 1. The molecule has 3 rings (SSSR count). The summed E-state index contributed by atoms with van der Waals surface area (Å²) in [6.45, 7) is 2.02. The monoisotopic (exact) mass is 323 g/mol. The number of anilines is 1. The predicted molar refractivity (Wildman–Crippen MR) is 95.3 cm³/mol. The molecule has 0 amide bonds. The molecule has 3 aromatic rings. The molecule has 0 saturated heterocycles. The third-order valence-electron chi connectivity index (χ3n) is 3.55. The number of aromatic nitrogens is 3. The standard InChI is InChI=1S/C18H21N5O/c1-23(2)18-21-12-14(13-22-18)11-19-9-10-24-16-7-3-5-15-6-4-8-20-17(15)16/h3-8,12-13,19H,9-11H2,1-2H3. The van der Waals surface area contributed by atoms with E-state index in [9.17, 15) is 0 Å². The summed E-state index contributed by atoms with van der Waals surface area (Å²) in [5, 5.41) is 4.41. The maximum Gasteiger partial charge on any atom is 0.224 e. The molecular formula is C18H21N5O. The Morgan fingerprint density at radius 3 is 2.62 bits per heavy atom. The Hall–Kier alpha value is -2.73. The van der Waals surface area contributed by atoms with Crippen LogP contribution in [0.1, 0.15) is 5.56 Å². The normalized spacial score (nSPS) is 10.8. The molecular weight excluding hydrogens is 302 g/mol. The predicted octanol–water partition coefficient (Wildman–Crippen LogP) is 2.26. The summed E-state index contributed by atoms with van der Waals surface area (Å²) in [6, 6.07) is 9.92. The van der Waals surface area contributed by atoms with Crippen LogP contribution in [0.2, 0.25) is 0 Å².